The maximum absolute atomic E-state index is 12.5. The van der Waals surface area contributed by atoms with Gasteiger partial charge >= 0.3 is 0 Å². The zero-order chi connectivity index (χ0) is 19.4. The lowest BCUT2D eigenvalue weighted by atomic mass is 9.99. The van der Waals surface area contributed by atoms with E-state index < -0.39 is 0 Å². The highest BCUT2D eigenvalue weighted by molar-refractivity contribution is 5.79. The molecule has 1 saturated heterocycles. The first-order valence-electron chi connectivity index (χ1n) is 10.1. The number of amides is 1. The molecule has 1 N–H and O–H groups in total. The maximum Gasteiger partial charge on any atom is 0.224 e. The zero-order valence-corrected chi connectivity index (χ0v) is 17.1. The quantitative estimate of drug-likeness (QED) is 0.813. The van der Waals surface area contributed by atoms with Crippen molar-refractivity contribution in [3.05, 3.63) is 64.7 Å². The summed E-state index contributed by atoms with van der Waals surface area (Å²) in [6.07, 6.45) is 3.03. The Morgan fingerprint density at radius 1 is 1.19 bits per heavy atom. The molecule has 2 aromatic rings. The van der Waals surface area contributed by atoms with Crippen LogP contribution >= 0.6 is 0 Å². The SMILES string of the molecule is Cc1ccc(CC(=O)NC(C)c2ccc(N3CCCC(C)C3)cc2)c(C)c1. The van der Waals surface area contributed by atoms with E-state index in [1.165, 1.54) is 29.7 Å². The highest BCUT2D eigenvalue weighted by atomic mass is 16.1. The van der Waals surface area contributed by atoms with Crippen molar-refractivity contribution in [2.24, 2.45) is 5.92 Å². The van der Waals surface area contributed by atoms with Crippen LogP contribution in [0.2, 0.25) is 0 Å². The number of nitrogens with one attached hydrogen (secondary N) is 1. The second kappa shape index (κ2) is 8.60. The Bertz CT molecular complexity index is 781. The van der Waals surface area contributed by atoms with Gasteiger partial charge in [-0.05, 0) is 68.4 Å². The molecule has 2 unspecified atom stereocenters. The summed E-state index contributed by atoms with van der Waals surface area (Å²) in [6.45, 7) is 10.8. The van der Waals surface area contributed by atoms with Crippen molar-refractivity contribution >= 4 is 11.6 Å². The van der Waals surface area contributed by atoms with E-state index in [1.807, 2.05) is 0 Å². The van der Waals surface area contributed by atoms with Gasteiger partial charge < -0.3 is 10.2 Å². The summed E-state index contributed by atoms with van der Waals surface area (Å²) in [7, 11) is 0. The second-order valence-corrected chi connectivity index (χ2v) is 8.18. The van der Waals surface area contributed by atoms with Gasteiger partial charge in [-0.3, -0.25) is 4.79 Å². The third-order valence-corrected chi connectivity index (χ3v) is 5.64. The molecule has 3 heteroatoms. The van der Waals surface area contributed by atoms with Gasteiger partial charge in [0.15, 0.2) is 0 Å². The molecule has 0 saturated carbocycles. The van der Waals surface area contributed by atoms with Crippen LogP contribution in [0, 0.1) is 19.8 Å². The minimum absolute atomic E-state index is 0.0117. The maximum atomic E-state index is 12.5. The highest BCUT2D eigenvalue weighted by Gasteiger charge is 2.17. The van der Waals surface area contributed by atoms with E-state index >= 15 is 0 Å². The predicted octanol–water partition coefficient (Wildman–Crippen LogP) is 4.96. The van der Waals surface area contributed by atoms with Gasteiger partial charge in [-0.1, -0.05) is 42.8 Å². The van der Waals surface area contributed by atoms with Crippen LogP contribution in [-0.4, -0.2) is 19.0 Å². The number of nitrogens with zero attached hydrogens (tertiary/aromatic N) is 1. The summed E-state index contributed by atoms with van der Waals surface area (Å²) >= 11 is 0. The molecule has 2 aromatic carbocycles. The minimum atomic E-state index is 0.0117. The van der Waals surface area contributed by atoms with Crippen LogP contribution in [0.15, 0.2) is 42.5 Å². The number of hydrogen-bond acceptors (Lipinski definition) is 2. The van der Waals surface area contributed by atoms with Gasteiger partial charge in [-0.2, -0.15) is 0 Å². The molecule has 1 aliphatic heterocycles. The van der Waals surface area contributed by atoms with E-state index in [0.29, 0.717) is 6.42 Å². The second-order valence-electron chi connectivity index (χ2n) is 8.18. The normalized spacial score (nSPS) is 18.2. The Kier molecular flexibility index (Phi) is 6.20. The van der Waals surface area contributed by atoms with Crippen LogP contribution in [0.5, 0.6) is 0 Å². The molecule has 144 valence electrons. The highest BCUT2D eigenvalue weighted by Crippen LogP contribution is 2.24. The van der Waals surface area contributed by atoms with Crippen LogP contribution in [0.1, 0.15) is 55.0 Å². The van der Waals surface area contributed by atoms with Crippen molar-refractivity contribution in [2.75, 3.05) is 18.0 Å². The fourth-order valence-electron chi connectivity index (χ4n) is 3.99. The third kappa shape index (κ3) is 5.12. The first-order chi connectivity index (χ1) is 12.9. The average Bonchev–Trinajstić information content (AvgIpc) is 2.64. The van der Waals surface area contributed by atoms with Crippen LogP contribution in [0.4, 0.5) is 5.69 Å². The third-order valence-electron chi connectivity index (χ3n) is 5.64. The molecule has 0 bridgehead atoms. The molecule has 1 fully saturated rings. The van der Waals surface area contributed by atoms with E-state index in [-0.39, 0.29) is 11.9 Å². The molecule has 1 amide bonds. The molecule has 1 aliphatic rings. The zero-order valence-electron chi connectivity index (χ0n) is 17.1. The predicted molar refractivity (Wildman–Crippen MR) is 113 cm³/mol. The van der Waals surface area contributed by atoms with E-state index in [4.69, 9.17) is 0 Å². The topological polar surface area (TPSA) is 32.3 Å². The Balaban J connectivity index is 1.58. The number of anilines is 1. The molecule has 3 rings (SSSR count). The summed E-state index contributed by atoms with van der Waals surface area (Å²) in [5.41, 5.74) is 5.95. The molecule has 0 aliphatic carbocycles. The number of piperidine rings is 1. The van der Waals surface area contributed by atoms with E-state index in [2.05, 4.69) is 80.4 Å². The Morgan fingerprint density at radius 3 is 2.59 bits per heavy atom. The van der Waals surface area contributed by atoms with E-state index in [1.54, 1.807) is 0 Å². The van der Waals surface area contributed by atoms with Crippen LogP contribution in [0.3, 0.4) is 0 Å². The minimum Gasteiger partial charge on any atom is -0.371 e. The molecule has 1 heterocycles. The first kappa shape index (κ1) is 19.5. The monoisotopic (exact) mass is 364 g/mol. The molecule has 0 radical (unpaired) electrons. The van der Waals surface area contributed by atoms with Gasteiger partial charge in [0.05, 0.1) is 12.5 Å². The standard InChI is InChI=1S/C24H32N2O/c1-17-7-8-22(19(3)14-17)15-24(27)25-20(4)21-9-11-23(12-10-21)26-13-5-6-18(2)16-26/h7-12,14,18,20H,5-6,13,15-16H2,1-4H3,(H,25,27). The Hall–Kier alpha value is -2.29. The van der Waals surface area contributed by atoms with Crippen molar-refractivity contribution in [1.29, 1.82) is 0 Å². The fraction of sp³-hybridized carbons (Fsp3) is 0.458. The van der Waals surface area contributed by atoms with Crippen LogP contribution in [0.25, 0.3) is 0 Å². The number of carbonyl (C=O) groups excluding carboxylic acids is 1. The number of carbonyl (C=O) groups is 1. The van der Waals surface area contributed by atoms with Crippen LogP contribution < -0.4 is 10.2 Å². The lowest BCUT2D eigenvalue weighted by molar-refractivity contribution is -0.121. The van der Waals surface area contributed by atoms with E-state index in [0.717, 1.165) is 30.1 Å². The summed E-state index contributed by atoms with van der Waals surface area (Å²) in [5.74, 6) is 0.838. The van der Waals surface area contributed by atoms with Crippen molar-refractivity contribution in [1.82, 2.24) is 5.32 Å². The summed E-state index contributed by atoms with van der Waals surface area (Å²) < 4.78 is 0. The number of hydrogen-bond donors (Lipinski definition) is 1. The molecule has 27 heavy (non-hydrogen) atoms. The summed E-state index contributed by atoms with van der Waals surface area (Å²) in [6, 6.07) is 15.0. The van der Waals surface area contributed by atoms with Crippen molar-refractivity contribution in [3.63, 3.8) is 0 Å². The molecule has 0 spiro atoms. The summed E-state index contributed by atoms with van der Waals surface area (Å²) in [4.78, 5) is 14.9. The molecule has 0 aromatic heterocycles. The van der Waals surface area contributed by atoms with Gasteiger partial charge in [0.2, 0.25) is 5.91 Å². The number of rotatable bonds is 5. The first-order valence-corrected chi connectivity index (χ1v) is 10.1. The van der Waals surface area contributed by atoms with Crippen molar-refractivity contribution in [2.45, 2.75) is 53.0 Å². The Labute approximate surface area is 163 Å². The Morgan fingerprint density at radius 2 is 1.93 bits per heavy atom. The van der Waals surface area contributed by atoms with Gasteiger partial charge in [-0.25, -0.2) is 0 Å². The molecular weight excluding hydrogens is 332 g/mol. The lowest BCUT2D eigenvalue weighted by Crippen LogP contribution is -2.34. The van der Waals surface area contributed by atoms with Gasteiger partial charge in [0.1, 0.15) is 0 Å². The van der Waals surface area contributed by atoms with Crippen LogP contribution in [-0.2, 0) is 11.2 Å². The van der Waals surface area contributed by atoms with Crippen molar-refractivity contribution < 1.29 is 4.79 Å². The smallest absolute Gasteiger partial charge is 0.224 e. The average molecular weight is 365 g/mol. The van der Waals surface area contributed by atoms with Gasteiger partial charge in [0.25, 0.3) is 0 Å². The fourth-order valence-corrected chi connectivity index (χ4v) is 3.99. The van der Waals surface area contributed by atoms with Crippen molar-refractivity contribution in [3.8, 4) is 0 Å². The number of benzene rings is 2. The molecule has 3 nitrogen and oxygen atoms in total. The van der Waals surface area contributed by atoms with E-state index in [9.17, 15) is 4.79 Å². The molecule has 2 atom stereocenters. The number of aryl methyl sites for hydroxylation is 2. The van der Waals surface area contributed by atoms with Gasteiger partial charge in [-0.15, -0.1) is 0 Å². The summed E-state index contributed by atoms with van der Waals surface area (Å²) in [5, 5.41) is 3.14. The van der Waals surface area contributed by atoms with Gasteiger partial charge in [0, 0.05) is 18.8 Å². The molecular formula is C24H32N2O. The lowest BCUT2D eigenvalue weighted by Gasteiger charge is -2.33. The largest absolute Gasteiger partial charge is 0.371 e.